The van der Waals surface area contributed by atoms with Crippen LogP contribution in [0.4, 0.5) is 0 Å². The molecule has 0 aliphatic rings. The number of hydrogen-bond donors (Lipinski definition) is 1. The molecular formula is C19H18N2O5. The molecule has 0 atom stereocenters. The number of carbonyl (C=O) groups is 1. The minimum Gasteiger partial charge on any atom is -0.497 e. The van der Waals surface area contributed by atoms with Gasteiger partial charge in [0.1, 0.15) is 12.4 Å². The van der Waals surface area contributed by atoms with Gasteiger partial charge in [-0.25, -0.2) is 9.59 Å². The third kappa shape index (κ3) is 3.37. The fraction of sp³-hybridized carbons (Fsp3) is 0.211. The number of H-pyrrole nitrogens is 1. The van der Waals surface area contributed by atoms with Gasteiger partial charge in [-0.15, -0.1) is 0 Å². The lowest BCUT2D eigenvalue weighted by Gasteiger charge is -2.08. The van der Waals surface area contributed by atoms with Crippen LogP contribution in [0.1, 0.15) is 22.8 Å². The Morgan fingerprint density at radius 3 is 2.69 bits per heavy atom. The van der Waals surface area contributed by atoms with E-state index in [1.54, 1.807) is 26.2 Å². The van der Waals surface area contributed by atoms with Crippen molar-refractivity contribution in [3.63, 3.8) is 0 Å². The summed E-state index contributed by atoms with van der Waals surface area (Å²) in [5.41, 5.74) is 0.456. The summed E-state index contributed by atoms with van der Waals surface area (Å²) in [5.74, 6) is 0.129. The normalized spacial score (nSPS) is 10.7. The average molecular weight is 354 g/mol. The highest BCUT2D eigenvalue weighted by Gasteiger charge is 2.12. The first-order valence-corrected chi connectivity index (χ1v) is 8.10. The van der Waals surface area contributed by atoms with Crippen LogP contribution in [0.15, 0.2) is 52.1 Å². The maximum Gasteiger partial charge on any atom is 0.338 e. The van der Waals surface area contributed by atoms with Crippen LogP contribution in [0.5, 0.6) is 5.75 Å². The molecule has 0 bridgehead atoms. The maximum atomic E-state index is 12.3. The number of nitrogens with zero attached hydrogens (tertiary/aromatic N) is 1. The van der Waals surface area contributed by atoms with E-state index in [-0.39, 0.29) is 24.3 Å². The van der Waals surface area contributed by atoms with Gasteiger partial charge in [-0.3, -0.25) is 9.36 Å². The third-order valence-electron chi connectivity index (χ3n) is 4.04. The van der Waals surface area contributed by atoms with Gasteiger partial charge in [0.15, 0.2) is 0 Å². The van der Waals surface area contributed by atoms with Gasteiger partial charge in [0, 0.05) is 6.54 Å². The van der Waals surface area contributed by atoms with Crippen LogP contribution in [-0.4, -0.2) is 22.6 Å². The van der Waals surface area contributed by atoms with E-state index in [1.165, 1.54) is 18.2 Å². The number of hydrogen-bond acceptors (Lipinski definition) is 5. The Labute approximate surface area is 148 Å². The van der Waals surface area contributed by atoms with Crippen molar-refractivity contribution < 1.29 is 14.3 Å². The van der Waals surface area contributed by atoms with Gasteiger partial charge < -0.3 is 14.5 Å². The van der Waals surface area contributed by atoms with Crippen LogP contribution >= 0.6 is 0 Å². The van der Waals surface area contributed by atoms with Gasteiger partial charge in [-0.05, 0) is 42.8 Å². The van der Waals surface area contributed by atoms with E-state index < -0.39 is 11.7 Å². The molecule has 0 aliphatic heterocycles. The molecule has 26 heavy (non-hydrogen) atoms. The van der Waals surface area contributed by atoms with Gasteiger partial charge in [-0.1, -0.05) is 12.1 Å². The van der Waals surface area contributed by atoms with E-state index in [2.05, 4.69) is 4.98 Å². The third-order valence-corrected chi connectivity index (χ3v) is 4.04. The molecule has 0 saturated carbocycles. The van der Waals surface area contributed by atoms with Crippen LogP contribution in [-0.2, 0) is 17.9 Å². The first kappa shape index (κ1) is 17.5. The van der Waals surface area contributed by atoms with E-state index in [4.69, 9.17) is 9.47 Å². The van der Waals surface area contributed by atoms with Crippen molar-refractivity contribution in [2.75, 3.05) is 7.11 Å². The zero-order chi connectivity index (χ0) is 18.7. The molecule has 0 unspecified atom stereocenters. The summed E-state index contributed by atoms with van der Waals surface area (Å²) in [5, 5.41) is 0.343. The lowest BCUT2D eigenvalue weighted by molar-refractivity contribution is 0.0472. The number of fused-ring (bicyclic) bond motifs is 1. The predicted octanol–water partition coefficient (Wildman–Crippen LogP) is 2.08. The van der Waals surface area contributed by atoms with Gasteiger partial charge >= 0.3 is 11.7 Å². The van der Waals surface area contributed by atoms with Crippen molar-refractivity contribution in [2.24, 2.45) is 0 Å². The molecule has 0 amide bonds. The number of rotatable bonds is 5. The van der Waals surface area contributed by atoms with Crippen molar-refractivity contribution in [3.05, 3.63) is 74.4 Å². The zero-order valence-electron chi connectivity index (χ0n) is 14.4. The van der Waals surface area contributed by atoms with E-state index in [0.29, 0.717) is 16.7 Å². The van der Waals surface area contributed by atoms with Crippen molar-refractivity contribution in [1.29, 1.82) is 0 Å². The predicted molar refractivity (Wildman–Crippen MR) is 96.6 cm³/mol. The number of esters is 1. The van der Waals surface area contributed by atoms with Crippen molar-refractivity contribution in [3.8, 4) is 5.75 Å². The number of aromatic amines is 1. The fourth-order valence-corrected chi connectivity index (χ4v) is 2.66. The highest BCUT2D eigenvalue weighted by molar-refractivity contribution is 5.94. The number of benzene rings is 2. The first-order chi connectivity index (χ1) is 12.5. The Morgan fingerprint density at radius 2 is 1.96 bits per heavy atom. The number of ether oxygens (including phenoxy) is 2. The Kier molecular flexibility index (Phi) is 4.88. The number of aromatic nitrogens is 2. The maximum absolute atomic E-state index is 12.3. The monoisotopic (exact) mass is 354 g/mol. The second kappa shape index (κ2) is 7.26. The van der Waals surface area contributed by atoms with Crippen LogP contribution in [0, 0.1) is 0 Å². The second-order valence-electron chi connectivity index (χ2n) is 5.67. The Hall–Kier alpha value is -3.35. The number of carbonyl (C=O) groups excluding carboxylic acids is 1. The highest BCUT2D eigenvalue weighted by atomic mass is 16.5. The van der Waals surface area contributed by atoms with Crippen LogP contribution in [0.2, 0.25) is 0 Å². The smallest absolute Gasteiger partial charge is 0.338 e. The largest absolute Gasteiger partial charge is 0.497 e. The molecule has 3 rings (SSSR count). The molecule has 0 radical (unpaired) electrons. The van der Waals surface area contributed by atoms with Crippen molar-refractivity contribution >= 4 is 16.9 Å². The average Bonchev–Trinajstić information content (AvgIpc) is 2.66. The summed E-state index contributed by atoms with van der Waals surface area (Å²) in [7, 11) is 1.56. The number of nitrogens with one attached hydrogen (secondary N) is 1. The van der Waals surface area contributed by atoms with Crippen LogP contribution in [0.3, 0.4) is 0 Å². The number of methoxy groups -OCH3 is 1. The second-order valence-corrected chi connectivity index (χ2v) is 5.67. The SMILES string of the molecule is CCn1c(=O)[nH]c2cc(C(=O)OCc3cccc(OC)c3)ccc2c1=O. The summed E-state index contributed by atoms with van der Waals surface area (Å²) in [6, 6.07) is 11.7. The molecule has 0 fully saturated rings. The van der Waals surface area contributed by atoms with E-state index in [0.717, 1.165) is 10.1 Å². The fourth-order valence-electron chi connectivity index (χ4n) is 2.66. The molecule has 7 nitrogen and oxygen atoms in total. The van der Waals surface area contributed by atoms with Gasteiger partial charge in [-0.2, -0.15) is 0 Å². The van der Waals surface area contributed by atoms with E-state index >= 15 is 0 Å². The molecule has 0 spiro atoms. The minimum absolute atomic E-state index is 0.0853. The quantitative estimate of drug-likeness (QED) is 0.709. The lowest BCUT2D eigenvalue weighted by Crippen LogP contribution is -2.34. The molecular weight excluding hydrogens is 336 g/mol. The molecule has 3 aromatic rings. The summed E-state index contributed by atoms with van der Waals surface area (Å²) in [6.07, 6.45) is 0. The summed E-state index contributed by atoms with van der Waals surface area (Å²) >= 11 is 0. The minimum atomic E-state index is -0.546. The van der Waals surface area contributed by atoms with Gasteiger partial charge in [0.2, 0.25) is 0 Å². The molecule has 1 N–H and O–H groups in total. The van der Waals surface area contributed by atoms with E-state index in [1.807, 2.05) is 12.1 Å². The molecule has 1 aromatic heterocycles. The molecule has 2 aromatic carbocycles. The summed E-state index contributed by atoms with van der Waals surface area (Å²) in [4.78, 5) is 39.1. The molecule has 134 valence electrons. The summed E-state index contributed by atoms with van der Waals surface area (Å²) < 4.78 is 11.5. The highest BCUT2D eigenvalue weighted by Crippen LogP contribution is 2.15. The van der Waals surface area contributed by atoms with E-state index in [9.17, 15) is 14.4 Å². The zero-order valence-corrected chi connectivity index (χ0v) is 14.4. The Morgan fingerprint density at radius 1 is 1.15 bits per heavy atom. The van der Waals surface area contributed by atoms with Gasteiger partial charge in [0.05, 0.1) is 23.6 Å². The Balaban J connectivity index is 1.84. The molecule has 0 aliphatic carbocycles. The molecule has 1 heterocycles. The Bertz CT molecular complexity index is 1080. The van der Waals surface area contributed by atoms with Crippen molar-refractivity contribution in [1.82, 2.24) is 9.55 Å². The lowest BCUT2D eigenvalue weighted by atomic mass is 10.1. The van der Waals surface area contributed by atoms with Crippen LogP contribution < -0.4 is 16.0 Å². The standard InChI is InChI=1S/C19H18N2O5/c1-3-21-17(22)15-8-7-13(10-16(15)20-19(21)24)18(23)26-11-12-5-4-6-14(9-12)25-2/h4-10H,3,11H2,1-2H3,(H,20,24). The topological polar surface area (TPSA) is 90.4 Å². The van der Waals surface area contributed by atoms with Gasteiger partial charge in [0.25, 0.3) is 5.56 Å². The summed E-state index contributed by atoms with van der Waals surface area (Å²) in [6.45, 7) is 2.07. The first-order valence-electron chi connectivity index (χ1n) is 8.10. The van der Waals surface area contributed by atoms with Crippen molar-refractivity contribution in [2.45, 2.75) is 20.1 Å². The van der Waals surface area contributed by atoms with Crippen LogP contribution in [0.25, 0.3) is 10.9 Å². The molecule has 0 saturated heterocycles. The molecule has 7 heteroatoms.